The molecule has 1 aliphatic rings. The van der Waals surface area contributed by atoms with Gasteiger partial charge in [0.1, 0.15) is 17.4 Å². The predicted octanol–water partition coefficient (Wildman–Crippen LogP) is 3.20. The summed E-state index contributed by atoms with van der Waals surface area (Å²) >= 11 is 0. The van der Waals surface area contributed by atoms with Gasteiger partial charge in [-0.3, -0.25) is 0 Å². The van der Waals surface area contributed by atoms with Crippen molar-refractivity contribution in [3.8, 4) is 5.75 Å². The Hall–Kier alpha value is -2.63. The molecule has 0 bridgehead atoms. The molecule has 0 spiro atoms. The highest BCUT2D eigenvalue weighted by Gasteiger charge is 2.11. The van der Waals surface area contributed by atoms with E-state index in [1.54, 1.807) is 0 Å². The number of rotatable bonds is 6. The minimum atomic E-state index is -0.463. The first-order valence-electron chi connectivity index (χ1n) is 8.86. The van der Waals surface area contributed by atoms with Gasteiger partial charge in [-0.05, 0) is 48.7 Å². The van der Waals surface area contributed by atoms with E-state index in [2.05, 4.69) is 27.8 Å². The van der Waals surface area contributed by atoms with Gasteiger partial charge < -0.3 is 15.4 Å². The van der Waals surface area contributed by atoms with Crippen molar-refractivity contribution in [1.29, 1.82) is 0 Å². The summed E-state index contributed by atoms with van der Waals surface area (Å²) in [5.74, 6) is 0.649. The minimum absolute atomic E-state index is 0.0785. The number of aliphatic imine (C=N–C) groups is 1. The van der Waals surface area contributed by atoms with Crippen molar-refractivity contribution in [3.05, 3.63) is 64.7 Å². The highest BCUT2D eigenvalue weighted by Crippen LogP contribution is 2.25. The number of nitrogens with one attached hydrogen (secondary N) is 2. The van der Waals surface area contributed by atoms with Crippen LogP contribution in [-0.4, -0.2) is 25.7 Å². The maximum absolute atomic E-state index is 13.7. The van der Waals surface area contributed by atoms with E-state index < -0.39 is 11.6 Å². The van der Waals surface area contributed by atoms with Gasteiger partial charge in [-0.15, -0.1) is 0 Å². The SMILES string of the molecule is CCNC(=NCc1cc(F)ccc1F)NCCc1ccc2c(c1)CCO2. The van der Waals surface area contributed by atoms with E-state index in [1.165, 1.54) is 17.2 Å². The second-order valence-corrected chi connectivity index (χ2v) is 6.15. The van der Waals surface area contributed by atoms with Gasteiger partial charge in [0, 0.05) is 25.1 Å². The molecule has 3 rings (SSSR count). The topological polar surface area (TPSA) is 45.7 Å². The van der Waals surface area contributed by atoms with Crippen LogP contribution in [0.5, 0.6) is 5.75 Å². The van der Waals surface area contributed by atoms with E-state index >= 15 is 0 Å². The Morgan fingerprint density at radius 2 is 2.04 bits per heavy atom. The van der Waals surface area contributed by atoms with E-state index in [0.29, 0.717) is 19.0 Å². The van der Waals surface area contributed by atoms with Crippen molar-refractivity contribution in [2.45, 2.75) is 26.3 Å². The molecule has 0 unspecified atom stereocenters. The Bertz CT molecular complexity index is 793. The summed E-state index contributed by atoms with van der Waals surface area (Å²) < 4.78 is 32.5. The fourth-order valence-corrected chi connectivity index (χ4v) is 2.89. The molecule has 2 aromatic rings. The molecule has 0 aliphatic carbocycles. The Balaban J connectivity index is 1.57. The molecule has 0 saturated heterocycles. The van der Waals surface area contributed by atoms with Gasteiger partial charge in [-0.1, -0.05) is 12.1 Å². The first-order valence-corrected chi connectivity index (χ1v) is 8.86. The minimum Gasteiger partial charge on any atom is -0.493 e. The summed E-state index contributed by atoms with van der Waals surface area (Å²) in [7, 11) is 0. The third kappa shape index (κ3) is 4.71. The summed E-state index contributed by atoms with van der Waals surface area (Å²) in [4.78, 5) is 4.34. The lowest BCUT2D eigenvalue weighted by Gasteiger charge is -2.12. The van der Waals surface area contributed by atoms with Gasteiger partial charge in [-0.2, -0.15) is 0 Å². The highest BCUT2D eigenvalue weighted by atomic mass is 19.1. The second kappa shape index (κ2) is 8.65. The summed E-state index contributed by atoms with van der Waals surface area (Å²) in [6, 6.07) is 9.67. The Labute approximate surface area is 152 Å². The molecular formula is C20H23F2N3O. The lowest BCUT2D eigenvalue weighted by atomic mass is 10.1. The lowest BCUT2D eigenvalue weighted by molar-refractivity contribution is 0.357. The third-order valence-corrected chi connectivity index (χ3v) is 4.22. The normalized spacial score (nSPS) is 13.3. The zero-order valence-electron chi connectivity index (χ0n) is 14.8. The predicted molar refractivity (Wildman–Crippen MR) is 98.5 cm³/mol. The zero-order chi connectivity index (χ0) is 18.4. The van der Waals surface area contributed by atoms with Crippen molar-refractivity contribution in [3.63, 3.8) is 0 Å². The molecule has 0 amide bonds. The van der Waals surface area contributed by atoms with Crippen LogP contribution in [0.15, 0.2) is 41.4 Å². The molecule has 2 N–H and O–H groups in total. The van der Waals surface area contributed by atoms with Gasteiger partial charge in [0.05, 0.1) is 13.2 Å². The Morgan fingerprint density at radius 3 is 2.88 bits per heavy atom. The standard InChI is InChI=1S/C20H23F2N3O/c1-2-23-20(25-13-16-12-17(21)4-5-18(16)22)24-9-7-14-3-6-19-15(11-14)8-10-26-19/h3-6,11-12H,2,7-10,13H2,1H3,(H2,23,24,25). The fraction of sp³-hybridized carbons (Fsp3) is 0.350. The van der Waals surface area contributed by atoms with Crippen molar-refractivity contribution in [2.75, 3.05) is 19.7 Å². The summed E-state index contributed by atoms with van der Waals surface area (Å²) in [5, 5.41) is 6.35. The monoisotopic (exact) mass is 359 g/mol. The first-order chi connectivity index (χ1) is 12.7. The fourth-order valence-electron chi connectivity index (χ4n) is 2.89. The van der Waals surface area contributed by atoms with Gasteiger partial charge in [0.2, 0.25) is 0 Å². The van der Waals surface area contributed by atoms with Crippen LogP contribution in [0.4, 0.5) is 8.78 Å². The van der Waals surface area contributed by atoms with Gasteiger partial charge in [0.15, 0.2) is 5.96 Å². The zero-order valence-corrected chi connectivity index (χ0v) is 14.8. The van der Waals surface area contributed by atoms with Crippen molar-refractivity contribution in [1.82, 2.24) is 10.6 Å². The molecule has 138 valence electrons. The van der Waals surface area contributed by atoms with Crippen LogP contribution in [0.2, 0.25) is 0 Å². The quantitative estimate of drug-likeness (QED) is 0.615. The summed E-state index contributed by atoms with van der Waals surface area (Å²) in [6.07, 6.45) is 1.80. The molecule has 0 radical (unpaired) electrons. The average molecular weight is 359 g/mol. The van der Waals surface area contributed by atoms with Crippen LogP contribution in [0.1, 0.15) is 23.6 Å². The van der Waals surface area contributed by atoms with Gasteiger partial charge in [-0.25, -0.2) is 13.8 Å². The smallest absolute Gasteiger partial charge is 0.191 e. The number of benzene rings is 2. The average Bonchev–Trinajstić information content (AvgIpc) is 3.10. The largest absolute Gasteiger partial charge is 0.493 e. The molecule has 6 heteroatoms. The Kier molecular flexibility index (Phi) is 6.04. The molecule has 26 heavy (non-hydrogen) atoms. The third-order valence-electron chi connectivity index (χ3n) is 4.22. The maximum atomic E-state index is 13.7. The molecule has 0 fully saturated rings. The number of hydrogen-bond donors (Lipinski definition) is 2. The number of nitrogens with zero attached hydrogens (tertiary/aromatic N) is 1. The number of guanidine groups is 1. The van der Waals surface area contributed by atoms with Gasteiger partial charge >= 0.3 is 0 Å². The molecule has 0 aromatic heterocycles. The van der Waals surface area contributed by atoms with E-state index in [4.69, 9.17) is 4.74 Å². The van der Waals surface area contributed by atoms with E-state index in [9.17, 15) is 8.78 Å². The molecular weight excluding hydrogens is 336 g/mol. The molecule has 2 aromatic carbocycles. The van der Waals surface area contributed by atoms with Crippen molar-refractivity contribution in [2.24, 2.45) is 4.99 Å². The number of fused-ring (bicyclic) bond motifs is 1. The first kappa shape index (κ1) is 18.2. The van der Waals surface area contributed by atoms with E-state index in [-0.39, 0.29) is 12.1 Å². The van der Waals surface area contributed by atoms with Crippen molar-refractivity contribution < 1.29 is 13.5 Å². The number of halogens is 2. The van der Waals surface area contributed by atoms with E-state index in [1.807, 2.05) is 13.0 Å². The molecule has 0 atom stereocenters. The Morgan fingerprint density at radius 1 is 1.15 bits per heavy atom. The number of hydrogen-bond acceptors (Lipinski definition) is 2. The molecule has 4 nitrogen and oxygen atoms in total. The van der Waals surface area contributed by atoms with Crippen LogP contribution in [0.3, 0.4) is 0 Å². The highest BCUT2D eigenvalue weighted by molar-refractivity contribution is 5.79. The van der Waals surface area contributed by atoms with Crippen LogP contribution in [0, 0.1) is 11.6 Å². The van der Waals surface area contributed by atoms with Crippen LogP contribution < -0.4 is 15.4 Å². The van der Waals surface area contributed by atoms with Crippen LogP contribution >= 0.6 is 0 Å². The summed E-state index contributed by atoms with van der Waals surface area (Å²) in [6.45, 7) is 4.17. The second-order valence-electron chi connectivity index (χ2n) is 6.15. The molecule has 1 heterocycles. The van der Waals surface area contributed by atoms with Crippen LogP contribution in [0.25, 0.3) is 0 Å². The maximum Gasteiger partial charge on any atom is 0.191 e. The molecule has 0 saturated carbocycles. The molecule has 1 aliphatic heterocycles. The lowest BCUT2D eigenvalue weighted by Crippen LogP contribution is -2.38. The van der Waals surface area contributed by atoms with Crippen LogP contribution in [-0.2, 0) is 19.4 Å². The van der Waals surface area contributed by atoms with Gasteiger partial charge in [0.25, 0.3) is 0 Å². The number of ether oxygens (including phenoxy) is 1. The van der Waals surface area contributed by atoms with E-state index in [0.717, 1.165) is 37.3 Å². The van der Waals surface area contributed by atoms with Crippen molar-refractivity contribution >= 4 is 5.96 Å². The summed E-state index contributed by atoms with van der Waals surface area (Å²) in [5.41, 5.74) is 2.72.